The molecule has 0 aliphatic heterocycles. The van der Waals surface area contributed by atoms with Crippen molar-refractivity contribution >= 4 is 5.97 Å². The average molecular weight is 390 g/mol. The number of hydrogen-bond acceptors (Lipinski definition) is 2. The van der Waals surface area contributed by atoms with Gasteiger partial charge < -0.3 is 10.8 Å². The Labute approximate surface area is 173 Å². The molecule has 0 atom stereocenters. The van der Waals surface area contributed by atoms with Crippen molar-refractivity contribution in [3.63, 3.8) is 0 Å². The fourth-order valence-corrected chi connectivity index (χ4v) is 2.97. The van der Waals surface area contributed by atoms with Crippen LogP contribution in [0.5, 0.6) is 0 Å². The zero-order valence-electron chi connectivity index (χ0n) is 18.1. The minimum absolute atomic E-state index is 0.331. The molecule has 3 heteroatoms. The fourth-order valence-electron chi connectivity index (χ4n) is 2.97. The zero-order valence-corrected chi connectivity index (χ0v) is 18.1. The fraction of sp³-hybridized carbons (Fsp3) is 0.640. The maximum absolute atomic E-state index is 10.2. The highest BCUT2D eigenvalue weighted by Crippen LogP contribution is 2.09. The molecule has 3 nitrogen and oxygen atoms in total. The highest BCUT2D eigenvalue weighted by molar-refractivity contribution is 5.87. The second-order valence-corrected chi connectivity index (χ2v) is 7.40. The van der Waals surface area contributed by atoms with Gasteiger partial charge in [-0.1, -0.05) is 95.1 Å². The van der Waals surface area contributed by atoms with E-state index in [-0.39, 0.29) is 0 Å². The van der Waals surface area contributed by atoms with Crippen LogP contribution in [0.15, 0.2) is 42.5 Å². The third-order valence-electron chi connectivity index (χ3n) is 4.74. The van der Waals surface area contributed by atoms with Crippen LogP contribution >= 0.6 is 0 Å². The van der Waals surface area contributed by atoms with Gasteiger partial charge in [-0.05, 0) is 50.8 Å². The molecule has 0 bridgehead atoms. The van der Waals surface area contributed by atoms with E-state index >= 15 is 0 Å². The van der Waals surface area contributed by atoms with Gasteiger partial charge in [-0.25, -0.2) is 4.79 Å². The van der Waals surface area contributed by atoms with Gasteiger partial charge in [-0.2, -0.15) is 0 Å². The van der Waals surface area contributed by atoms with E-state index in [0.717, 1.165) is 6.54 Å². The molecule has 0 fully saturated rings. The largest absolute Gasteiger partial charge is 0.478 e. The topological polar surface area (TPSA) is 63.3 Å². The van der Waals surface area contributed by atoms with Crippen molar-refractivity contribution in [1.29, 1.82) is 0 Å². The monoisotopic (exact) mass is 389 g/mol. The molecule has 0 saturated carbocycles. The number of rotatable bonds is 16. The van der Waals surface area contributed by atoms with E-state index in [1.165, 1.54) is 89.9 Å². The predicted octanol–water partition coefficient (Wildman–Crippen LogP) is 7.37. The Bertz CT molecular complexity index is 471. The van der Waals surface area contributed by atoms with E-state index in [1.54, 1.807) is 30.3 Å². The van der Waals surface area contributed by atoms with E-state index in [0.29, 0.717) is 5.56 Å². The minimum Gasteiger partial charge on any atom is -0.478 e. The number of carboxylic acid groups (broad SMARTS) is 1. The molecule has 0 aliphatic carbocycles. The van der Waals surface area contributed by atoms with Crippen molar-refractivity contribution in [2.45, 2.75) is 96.8 Å². The Morgan fingerprint density at radius 2 is 1.25 bits per heavy atom. The molecule has 0 spiro atoms. The summed E-state index contributed by atoms with van der Waals surface area (Å²) < 4.78 is 0. The van der Waals surface area contributed by atoms with Crippen molar-refractivity contribution in [1.82, 2.24) is 0 Å². The number of aromatic carboxylic acids is 1. The molecule has 160 valence electrons. The Balaban J connectivity index is 0.000000668. The molecule has 0 amide bonds. The van der Waals surface area contributed by atoms with Crippen LogP contribution in [0.1, 0.15) is 107 Å². The molecule has 1 rings (SSSR count). The molecule has 0 aromatic heterocycles. The van der Waals surface area contributed by atoms with Crippen molar-refractivity contribution in [2.75, 3.05) is 6.54 Å². The van der Waals surface area contributed by atoms with Crippen LogP contribution < -0.4 is 5.73 Å². The predicted molar refractivity (Wildman–Crippen MR) is 122 cm³/mol. The van der Waals surface area contributed by atoms with E-state index in [1.807, 2.05) is 0 Å². The van der Waals surface area contributed by atoms with Gasteiger partial charge in [-0.15, -0.1) is 0 Å². The second kappa shape index (κ2) is 21.7. The van der Waals surface area contributed by atoms with Gasteiger partial charge in [0.2, 0.25) is 0 Å². The second-order valence-electron chi connectivity index (χ2n) is 7.40. The van der Waals surface area contributed by atoms with E-state index < -0.39 is 5.97 Å². The van der Waals surface area contributed by atoms with Crippen LogP contribution in [0, 0.1) is 0 Å². The van der Waals surface area contributed by atoms with Gasteiger partial charge in [0.05, 0.1) is 5.56 Å². The lowest BCUT2D eigenvalue weighted by Crippen LogP contribution is -1.97. The first-order valence-corrected chi connectivity index (χ1v) is 11.4. The lowest BCUT2D eigenvalue weighted by molar-refractivity contribution is 0.0697. The van der Waals surface area contributed by atoms with Gasteiger partial charge in [0.25, 0.3) is 0 Å². The lowest BCUT2D eigenvalue weighted by Gasteiger charge is -1.99. The molecular formula is C25H43NO2. The molecule has 3 N–H and O–H groups in total. The van der Waals surface area contributed by atoms with Gasteiger partial charge >= 0.3 is 5.97 Å². The minimum atomic E-state index is -0.879. The summed E-state index contributed by atoms with van der Waals surface area (Å²) in [6.45, 7) is 3.14. The summed E-state index contributed by atoms with van der Waals surface area (Å²) in [4.78, 5) is 10.2. The van der Waals surface area contributed by atoms with E-state index in [2.05, 4.69) is 19.1 Å². The van der Waals surface area contributed by atoms with Crippen LogP contribution in [0.25, 0.3) is 0 Å². The van der Waals surface area contributed by atoms with Crippen molar-refractivity contribution in [3.8, 4) is 0 Å². The normalized spacial score (nSPS) is 10.6. The molecule has 1 aromatic carbocycles. The third-order valence-corrected chi connectivity index (χ3v) is 4.74. The van der Waals surface area contributed by atoms with Crippen LogP contribution in [0.4, 0.5) is 0 Å². The van der Waals surface area contributed by atoms with E-state index in [4.69, 9.17) is 10.8 Å². The Morgan fingerprint density at radius 1 is 0.786 bits per heavy atom. The summed E-state index contributed by atoms with van der Waals surface area (Å²) in [5, 5.41) is 8.38. The van der Waals surface area contributed by atoms with Crippen LogP contribution in [0.3, 0.4) is 0 Å². The molecule has 0 radical (unpaired) electrons. The van der Waals surface area contributed by atoms with Gasteiger partial charge in [-0.3, -0.25) is 0 Å². The smallest absolute Gasteiger partial charge is 0.335 e. The van der Waals surface area contributed by atoms with E-state index in [9.17, 15) is 4.79 Å². The van der Waals surface area contributed by atoms with Crippen molar-refractivity contribution in [3.05, 3.63) is 48.0 Å². The molecule has 1 aromatic rings. The quantitative estimate of drug-likeness (QED) is 0.229. The summed E-state index contributed by atoms with van der Waals surface area (Å²) in [6.07, 6.45) is 23.9. The van der Waals surface area contributed by atoms with Crippen LogP contribution in [0.2, 0.25) is 0 Å². The summed E-state index contributed by atoms with van der Waals surface area (Å²) in [5.41, 5.74) is 5.80. The first-order valence-electron chi connectivity index (χ1n) is 11.4. The molecule has 0 unspecified atom stereocenters. The number of unbranched alkanes of at least 4 members (excludes halogenated alkanes) is 12. The van der Waals surface area contributed by atoms with Gasteiger partial charge in [0.15, 0.2) is 0 Å². The number of hydrogen-bond donors (Lipinski definition) is 2. The summed E-state index contributed by atoms with van der Waals surface area (Å²) in [5.74, 6) is -0.879. The lowest BCUT2D eigenvalue weighted by atomic mass is 10.1. The van der Waals surface area contributed by atoms with Crippen LogP contribution in [-0.4, -0.2) is 17.6 Å². The first kappa shape index (κ1) is 26.4. The average Bonchev–Trinajstić information content (AvgIpc) is 2.72. The highest BCUT2D eigenvalue weighted by atomic mass is 16.4. The molecule has 0 aliphatic rings. The molecule has 0 saturated heterocycles. The summed E-state index contributed by atoms with van der Waals surface area (Å²) in [7, 11) is 0. The number of benzene rings is 1. The Hall–Kier alpha value is -1.61. The molecule has 0 heterocycles. The molecular weight excluding hydrogens is 346 g/mol. The first-order chi connectivity index (χ1) is 13.7. The maximum Gasteiger partial charge on any atom is 0.335 e. The van der Waals surface area contributed by atoms with Gasteiger partial charge in [0, 0.05) is 0 Å². The number of carboxylic acids is 1. The Kier molecular flexibility index (Phi) is 20.4. The third kappa shape index (κ3) is 19.2. The number of allylic oxidation sites excluding steroid dienone is 2. The number of nitrogens with two attached hydrogens (primary N) is 1. The SMILES string of the molecule is CCCCCCCCC=CCCCCCCCCN.O=C(O)c1ccccc1. The zero-order chi connectivity index (χ0) is 20.7. The highest BCUT2D eigenvalue weighted by Gasteiger charge is 1.96. The standard InChI is InChI=1S/C18H37N.C7H6O2/c1-2-3-4-5-6-7-8-9-10-11-12-13-14-15-16-17-18-19;8-7(9)6-4-2-1-3-5-6/h9-10H,2-8,11-19H2,1H3;1-5H,(H,8,9). The summed E-state index contributed by atoms with van der Waals surface area (Å²) >= 11 is 0. The van der Waals surface area contributed by atoms with Crippen LogP contribution in [-0.2, 0) is 0 Å². The maximum atomic E-state index is 10.2. The number of carbonyl (C=O) groups is 1. The Morgan fingerprint density at radius 3 is 1.68 bits per heavy atom. The summed E-state index contributed by atoms with van der Waals surface area (Å²) in [6, 6.07) is 8.30. The van der Waals surface area contributed by atoms with Crippen molar-refractivity contribution < 1.29 is 9.90 Å². The molecule has 28 heavy (non-hydrogen) atoms. The van der Waals surface area contributed by atoms with Gasteiger partial charge in [0.1, 0.15) is 0 Å². The van der Waals surface area contributed by atoms with Crippen molar-refractivity contribution in [2.24, 2.45) is 5.73 Å².